The third kappa shape index (κ3) is 4.65. The van der Waals surface area contributed by atoms with Gasteiger partial charge in [0.25, 0.3) is 0 Å². The van der Waals surface area contributed by atoms with Crippen LogP contribution in [0.4, 0.5) is 0 Å². The first kappa shape index (κ1) is 15.2. The van der Waals surface area contributed by atoms with Gasteiger partial charge in [0.2, 0.25) is 0 Å². The van der Waals surface area contributed by atoms with Crippen LogP contribution in [0.1, 0.15) is 24.0 Å². The first-order valence-electron chi connectivity index (χ1n) is 7.10. The first-order valence-corrected chi connectivity index (χ1v) is 8.84. The Bertz CT molecular complexity index is 609. The molecule has 2 aromatic rings. The van der Waals surface area contributed by atoms with Gasteiger partial charge in [-0.05, 0) is 48.2 Å². The van der Waals surface area contributed by atoms with Gasteiger partial charge in [-0.2, -0.15) is 0 Å². The highest BCUT2D eigenvalue weighted by molar-refractivity contribution is 7.98. The molecule has 0 amide bonds. The van der Waals surface area contributed by atoms with Gasteiger partial charge in [-0.3, -0.25) is 0 Å². The molecule has 0 atom stereocenters. The van der Waals surface area contributed by atoms with E-state index in [1.165, 1.54) is 28.9 Å². The minimum absolute atomic E-state index is 0.609. The zero-order valence-corrected chi connectivity index (χ0v) is 13.9. The van der Waals surface area contributed by atoms with E-state index in [4.69, 9.17) is 23.2 Å². The zero-order chi connectivity index (χ0) is 14.7. The number of thioether (sulfide) groups is 1. The summed E-state index contributed by atoms with van der Waals surface area (Å²) in [5.41, 5.74) is 2.54. The van der Waals surface area contributed by atoms with Gasteiger partial charge in [0.15, 0.2) is 0 Å². The Labute approximate surface area is 140 Å². The van der Waals surface area contributed by atoms with Gasteiger partial charge in [-0.15, -0.1) is 11.8 Å². The van der Waals surface area contributed by atoms with E-state index in [9.17, 15) is 0 Å². The van der Waals surface area contributed by atoms with Crippen LogP contribution in [0, 0.1) is 0 Å². The standard InChI is InChI=1S/C17H17Cl2NS/c18-16-8-3-13(9-17(16)19)11-21-15-6-1-12(2-7-15)10-20-14-4-5-14/h1-3,6-9,14,20H,4-5,10-11H2. The summed E-state index contributed by atoms with van der Waals surface area (Å²) in [7, 11) is 0. The molecule has 1 aliphatic rings. The van der Waals surface area contributed by atoms with Crippen molar-refractivity contribution < 1.29 is 0 Å². The van der Waals surface area contributed by atoms with Crippen LogP contribution in [0.15, 0.2) is 47.4 Å². The Morgan fingerprint density at radius 2 is 1.67 bits per heavy atom. The van der Waals surface area contributed by atoms with Gasteiger partial charge in [-0.25, -0.2) is 0 Å². The SMILES string of the molecule is Clc1ccc(CSc2ccc(CNC3CC3)cc2)cc1Cl. The fourth-order valence-corrected chi connectivity index (χ4v) is 3.21. The summed E-state index contributed by atoms with van der Waals surface area (Å²) in [4.78, 5) is 1.27. The molecule has 0 unspecified atom stereocenters. The Hall–Kier alpha value is -0.670. The normalized spacial score (nSPS) is 14.4. The van der Waals surface area contributed by atoms with Crippen molar-refractivity contribution in [3.8, 4) is 0 Å². The summed E-state index contributed by atoms with van der Waals surface area (Å²) < 4.78 is 0. The number of rotatable bonds is 6. The summed E-state index contributed by atoms with van der Waals surface area (Å²) in [6, 6.07) is 15.3. The van der Waals surface area contributed by atoms with Crippen molar-refractivity contribution in [3.63, 3.8) is 0 Å². The van der Waals surface area contributed by atoms with E-state index in [1.807, 2.05) is 30.0 Å². The van der Waals surface area contributed by atoms with Crippen LogP contribution in [0.25, 0.3) is 0 Å². The molecule has 1 fully saturated rings. The molecule has 3 rings (SSSR count). The monoisotopic (exact) mass is 337 g/mol. The third-order valence-corrected chi connectivity index (χ3v) is 5.31. The summed E-state index contributed by atoms with van der Waals surface area (Å²) in [5.74, 6) is 0.899. The van der Waals surface area contributed by atoms with Crippen molar-refractivity contribution in [3.05, 3.63) is 63.6 Å². The molecule has 1 saturated carbocycles. The maximum absolute atomic E-state index is 6.03. The number of halogens is 2. The van der Waals surface area contributed by atoms with E-state index in [0.29, 0.717) is 10.0 Å². The lowest BCUT2D eigenvalue weighted by Crippen LogP contribution is -2.14. The van der Waals surface area contributed by atoms with E-state index < -0.39 is 0 Å². The molecule has 0 heterocycles. The number of hydrogen-bond donors (Lipinski definition) is 1. The maximum Gasteiger partial charge on any atom is 0.0595 e. The van der Waals surface area contributed by atoms with E-state index in [-0.39, 0.29) is 0 Å². The van der Waals surface area contributed by atoms with Crippen LogP contribution >= 0.6 is 35.0 Å². The molecule has 1 nitrogen and oxygen atoms in total. The fraction of sp³-hybridized carbons (Fsp3) is 0.294. The molecule has 1 aliphatic carbocycles. The van der Waals surface area contributed by atoms with Crippen molar-refractivity contribution in [1.29, 1.82) is 0 Å². The Kier molecular flexibility index (Phi) is 5.12. The van der Waals surface area contributed by atoms with Gasteiger partial charge in [0, 0.05) is 23.2 Å². The number of hydrogen-bond acceptors (Lipinski definition) is 2. The van der Waals surface area contributed by atoms with Crippen LogP contribution in [-0.4, -0.2) is 6.04 Å². The van der Waals surface area contributed by atoms with Crippen molar-refractivity contribution >= 4 is 35.0 Å². The van der Waals surface area contributed by atoms with Gasteiger partial charge in [-0.1, -0.05) is 41.4 Å². The molecule has 0 radical (unpaired) electrons. The number of benzene rings is 2. The number of nitrogens with one attached hydrogen (secondary N) is 1. The van der Waals surface area contributed by atoms with Crippen molar-refractivity contribution in [1.82, 2.24) is 5.32 Å². The summed E-state index contributed by atoms with van der Waals surface area (Å²) >= 11 is 13.8. The smallest absolute Gasteiger partial charge is 0.0595 e. The van der Waals surface area contributed by atoms with Crippen LogP contribution in [-0.2, 0) is 12.3 Å². The van der Waals surface area contributed by atoms with Gasteiger partial charge in [0.1, 0.15) is 0 Å². The second-order valence-corrected chi connectivity index (χ2v) is 7.20. The van der Waals surface area contributed by atoms with Crippen LogP contribution < -0.4 is 5.32 Å². The molecule has 21 heavy (non-hydrogen) atoms. The molecule has 110 valence electrons. The molecule has 0 saturated heterocycles. The quantitative estimate of drug-likeness (QED) is 0.694. The molecule has 2 aromatic carbocycles. The average molecular weight is 338 g/mol. The van der Waals surface area contributed by atoms with Crippen LogP contribution in [0.2, 0.25) is 10.0 Å². The molecule has 0 bridgehead atoms. The maximum atomic E-state index is 6.03. The third-order valence-electron chi connectivity index (χ3n) is 3.49. The highest BCUT2D eigenvalue weighted by Gasteiger charge is 2.19. The molecular weight excluding hydrogens is 321 g/mol. The van der Waals surface area contributed by atoms with E-state index in [2.05, 4.69) is 29.6 Å². The minimum atomic E-state index is 0.609. The fourth-order valence-electron chi connectivity index (χ4n) is 2.05. The molecule has 4 heteroatoms. The Balaban J connectivity index is 1.53. The molecular formula is C17H17Cl2NS. The Morgan fingerprint density at radius 3 is 2.33 bits per heavy atom. The van der Waals surface area contributed by atoms with E-state index in [0.717, 1.165) is 18.3 Å². The van der Waals surface area contributed by atoms with Crippen LogP contribution in [0.3, 0.4) is 0 Å². The Morgan fingerprint density at radius 1 is 0.952 bits per heavy atom. The largest absolute Gasteiger partial charge is 0.310 e. The topological polar surface area (TPSA) is 12.0 Å². The average Bonchev–Trinajstić information content (AvgIpc) is 3.32. The van der Waals surface area contributed by atoms with Crippen molar-refractivity contribution in [2.24, 2.45) is 0 Å². The second kappa shape index (κ2) is 7.06. The van der Waals surface area contributed by atoms with Crippen molar-refractivity contribution in [2.75, 3.05) is 0 Å². The van der Waals surface area contributed by atoms with E-state index in [1.54, 1.807) is 0 Å². The molecule has 0 aromatic heterocycles. The molecule has 0 spiro atoms. The first-order chi connectivity index (χ1) is 10.2. The predicted molar refractivity (Wildman–Crippen MR) is 92.3 cm³/mol. The lowest BCUT2D eigenvalue weighted by molar-refractivity contribution is 0.687. The predicted octanol–water partition coefficient (Wildman–Crippen LogP) is 5.54. The second-order valence-electron chi connectivity index (χ2n) is 5.34. The molecule has 1 N–H and O–H groups in total. The summed E-state index contributed by atoms with van der Waals surface area (Å²) in [6.45, 7) is 0.975. The van der Waals surface area contributed by atoms with Crippen LogP contribution in [0.5, 0.6) is 0 Å². The van der Waals surface area contributed by atoms with Gasteiger partial charge in [0.05, 0.1) is 10.0 Å². The van der Waals surface area contributed by atoms with Gasteiger partial charge < -0.3 is 5.32 Å². The van der Waals surface area contributed by atoms with Gasteiger partial charge >= 0.3 is 0 Å². The minimum Gasteiger partial charge on any atom is -0.310 e. The highest BCUT2D eigenvalue weighted by Crippen LogP contribution is 2.28. The van der Waals surface area contributed by atoms with E-state index >= 15 is 0 Å². The van der Waals surface area contributed by atoms with Crippen molar-refractivity contribution in [2.45, 2.75) is 36.1 Å². The summed E-state index contributed by atoms with van der Waals surface area (Å²) in [5, 5.41) is 4.76. The molecule has 0 aliphatic heterocycles. The summed E-state index contributed by atoms with van der Waals surface area (Å²) in [6.07, 6.45) is 2.66. The highest BCUT2D eigenvalue weighted by atomic mass is 35.5. The lowest BCUT2D eigenvalue weighted by Gasteiger charge is -2.06. The lowest BCUT2D eigenvalue weighted by atomic mass is 10.2. The zero-order valence-electron chi connectivity index (χ0n) is 11.6.